The van der Waals surface area contributed by atoms with Crippen molar-refractivity contribution in [3.63, 3.8) is 0 Å². The number of benzene rings is 1. The summed E-state index contributed by atoms with van der Waals surface area (Å²) in [5, 5.41) is 3.21. The van der Waals surface area contributed by atoms with Gasteiger partial charge < -0.3 is 10.1 Å². The van der Waals surface area contributed by atoms with Gasteiger partial charge in [0.05, 0.1) is 6.04 Å². The molecule has 124 valence electrons. The molecule has 0 radical (unpaired) electrons. The molecule has 1 N–H and O–H groups in total. The van der Waals surface area contributed by atoms with Crippen molar-refractivity contribution in [2.45, 2.75) is 12.4 Å². The minimum absolute atomic E-state index is 0. The highest BCUT2D eigenvalue weighted by molar-refractivity contribution is 9.10. The van der Waals surface area contributed by atoms with Crippen molar-refractivity contribution in [3.05, 3.63) is 40.9 Å². The van der Waals surface area contributed by atoms with E-state index in [2.05, 4.69) is 37.5 Å². The molecule has 1 aliphatic heterocycles. The molecule has 0 aromatic heterocycles. The van der Waals surface area contributed by atoms with Gasteiger partial charge in [-0.15, -0.1) is 32.2 Å². The number of alkyl halides is 3. The van der Waals surface area contributed by atoms with E-state index >= 15 is 0 Å². The van der Waals surface area contributed by atoms with Crippen molar-refractivity contribution >= 4 is 28.3 Å². The molecular weight excluding hydrogens is 385 g/mol. The van der Waals surface area contributed by atoms with Crippen LogP contribution in [0.2, 0.25) is 0 Å². The number of ether oxygens (including phenoxy) is 1. The summed E-state index contributed by atoms with van der Waals surface area (Å²) in [6, 6.07) is 4.19. The Labute approximate surface area is 142 Å². The van der Waals surface area contributed by atoms with Crippen molar-refractivity contribution in [1.82, 2.24) is 10.2 Å². The van der Waals surface area contributed by atoms with Gasteiger partial charge in [-0.25, -0.2) is 0 Å². The molecule has 0 saturated carbocycles. The van der Waals surface area contributed by atoms with E-state index in [1.165, 1.54) is 12.1 Å². The Morgan fingerprint density at radius 2 is 1.95 bits per heavy atom. The Kier molecular flexibility index (Phi) is 7.18. The molecule has 2 rings (SSSR count). The second kappa shape index (κ2) is 8.19. The fourth-order valence-corrected chi connectivity index (χ4v) is 2.78. The Morgan fingerprint density at radius 3 is 2.50 bits per heavy atom. The quantitative estimate of drug-likeness (QED) is 0.775. The van der Waals surface area contributed by atoms with E-state index in [9.17, 15) is 13.2 Å². The standard InChI is InChI=1S/C14H16BrF3N2O.ClH/c1-2-12(20-7-5-19-6-8-20)11-9-10(15)3-4-13(11)21-14(16,17)18;/h2-4,9,12,19H,1,5-8H2;1H/t12-;/m1./s1. The first-order chi connectivity index (χ1) is 9.90. The van der Waals surface area contributed by atoms with E-state index in [1.807, 2.05) is 0 Å². The lowest BCUT2D eigenvalue weighted by atomic mass is 10.0. The summed E-state index contributed by atoms with van der Waals surface area (Å²) < 4.78 is 42.5. The van der Waals surface area contributed by atoms with Crippen LogP contribution in [0.3, 0.4) is 0 Å². The minimum Gasteiger partial charge on any atom is -0.405 e. The monoisotopic (exact) mass is 400 g/mol. The van der Waals surface area contributed by atoms with Crippen LogP contribution >= 0.6 is 28.3 Å². The Bertz CT molecular complexity index is 507. The van der Waals surface area contributed by atoms with E-state index < -0.39 is 6.36 Å². The van der Waals surface area contributed by atoms with Crippen molar-refractivity contribution in [2.75, 3.05) is 26.2 Å². The van der Waals surface area contributed by atoms with Crippen LogP contribution in [0.4, 0.5) is 13.2 Å². The zero-order valence-corrected chi connectivity index (χ0v) is 14.1. The first kappa shape index (κ1) is 19.3. The number of hydrogen-bond acceptors (Lipinski definition) is 3. The van der Waals surface area contributed by atoms with Crippen LogP contribution in [0.15, 0.2) is 35.3 Å². The smallest absolute Gasteiger partial charge is 0.405 e. The highest BCUT2D eigenvalue weighted by Gasteiger charge is 2.33. The fourth-order valence-electron chi connectivity index (χ4n) is 2.40. The van der Waals surface area contributed by atoms with Gasteiger partial charge in [0.2, 0.25) is 0 Å². The molecule has 1 saturated heterocycles. The molecule has 0 amide bonds. The van der Waals surface area contributed by atoms with E-state index in [0.29, 0.717) is 10.0 Å². The summed E-state index contributed by atoms with van der Waals surface area (Å²) in [6.45, 7) is 6.85. The lowest BCUT2D eigenvalue weighted by Gasteiger charge is -2.34. The Balaban J connectivity index is 0.00000242. The van der Waals surface area contributed by atoms with Crippen LogP contribution in [-0.2, 0) is 0 Å². The molecule has 1 atom stereocenters. The molecule has 1 aromatic carbocycles. The molecule has 1 fully saturated rings. The normalized spacial score (nSPS) is 17.5. The highest BCUT2D eigenvalue weighted by Crippen LogP contribution is 2.35. The van der Waals surface area contributed by atoms with Gasteiger partial charge in [-0.1, -0.05) is 22.0 Å². The van der Waals surface area contributed by atoms with Gasteiger partial charge >= 0.3 is 6.36 Å². The molecule has 0 bridgehead atoms. The van der Waals surface area contributed by atoms with Gasteiger partial charge in [0.25, 0.3) is 0 Å². The van der Waals surface area contributed by atoms with E-state index in [0.717, 1.165) is 26.2 Å². The minimum atomic E-state index is -4.71. The van der Waals surface area contributed by atoms with Crippen molar-refractivity contribution < 1.29 is 17.9 Å². The van der Waals surface area contributed by atoms with E-state index in [1.54, 1.807) is 12.1 Å². The molecule has 1 aromatic rings. The second-order valence-corrected chi connectivity index (χ2v) is 5.61. The summed E-state index contributed by atoms with van der Waals surface area (Å²) in [4.78, 5) is 2.08. The molecule has 8 heteroatoms. The van der Waals surface area contributed by atoms with Crippen LogP contribution < -0.4 is 10.1 Å². The number of halogens is 5. The number of piperazine rings is 1. The molecule has 0 unspecified atom stereocenters. The third kappa shape index (κ3) is 5.15. The SMILES string of the molecule is C=C[C@H](c1cc(Br)ccc1OC(F)(F)F)N1CCNCC1.Cl. The predicted octanol–water partition coefficient (Wildman–Crippen LogP) is 3.90. The molecule has 0 aliphatic carbocycles. The first-order valence-corrected chi connectivity index (χ1v) is 7.32. The second-order valence-electron chi connectivity index (χ2n) is 4.70. The van der Waals surface area contributed by atoms with Crippen LogP contribution in [-0.4, -0.2) is 37.4 Å². The van der Waals surface area contributed by atoms with Crippen LogP contribution in [0.5, 0.6) is 5.75 Å². The highest BCUT2D eigenvalue weighted by atomic mass is 79.9. The van der Waals surface area contributed by atoms with Gasteiger partial charge in [-0.2, -0.15) is 0 Å². The molecular formula is C14H17BrClF3N2O. The predicted molar refractivity (Wildman–Crippen MR) is 85.5 cm³/mol. The average molecular weight is 402 g/mol. The van der Waals surface area contributed by atoms with E-state index in [-0.39, 0.29) is 24.2 Å². The van der Waals surface area contributed by atoms with Gasteiger partial charge in [-0.05, 0) is 18.2 Å². The van der Waals surface area contributed by atoms with Crippen molar-refractivity contribution in [2.24, 2.45) is 0 Å². The van der Waals surface area contributed by atoms with Gasteiger partial charge in [0, 0.05) is 36.2 Å². The lowest BCUT2D eigenvalue weighted by molar-refractivity contribution is -0.275. The molecule has 22 heavy (non-hydrogen) atoms. The number of nitrogens with one attached hydrogen (secondary N) is 1. The summed E-state index contributed by atoms with van der Waals surface area (Å²) >= 11 is 3.30. The van der Waals surface area contributed by atoms with Crippen LogP contribution in [0.1, 0.15) is 11.6 Å². The maximum Gasteiger partial charge on any atom is 0.573 e. The molecule has 1 aliphatic rings. The Hall–Kier alpha value is -0.760. The molecule has 3 nitrogen and oxygen atoms in total. The topological polar surface area (TPSA) is 24.5 Å². The summed E-state index contributed by atoms with van der Waals surface area (Å²) in [5.41, 5.74) is 0.457. The fraction of sp³-hybridized carbons (Fsp3) is 0.429. The van der Waals surface area contributed by atoms with Crippen LogP contribution in [0.25, 0.3) is 0 Å². The van der Waals surface area contributed by atoms with Crippen LogP contribution in [0, 0.1) is 0 Å². The largest absolute Gasteiger partial charge is 0.573 e. The van der Waals surface area contributed by atoms with Gasteiger partial charge in [-0.3, -0.25) is 4.90 Å². The van der Waals surface area contributed by atoms with E-state index in [4.69, 9.17) is 0 Å². The average Bonchev–Trinajstić information content (AvgIpc) is 2.42. The number of rotatable bonds is 4. The molecule has 0 spiro atoms. The zero-order chi connectivity index (χ0) is 15.5. The third-order valence-corrected chi connectivity index (χ3v) is 3.78. The van der Waals surface area contributed by atoms with Crippen molar-refractivity contribution in [1.29, 1.82) is 0 Å². The molecule has 1 heterocycles. The summed E-state index contributed by atoms with van der Waals surface area (Å²) in [7, 11) is 0. The number of hydrogen-bond donors (Lipinski definition) is 1. The maximum absolute atomic E-state index is 12.5. The number of nitrogens with zero attached hydrogens (tertiary/aromatic N) is 1. The van der Waals surface area contributed by atoms with Crippen molar-refractivity contribution in [3.8, 4) is 5.75 Å². The first-order valence-electron chi connectivity index (χ1n) is 6.53. The maximum atomic E-state index is 12.5. The van der Waals surface area contributed by atoms with Gasteiger partial charge in [0.1, 0.15) is 5.75 Å². The van der Waals surface area contributed by atoms with Gasteiger partial charge in [0.15, 0.2) is 0 Å². The zero-order valence-electron chi connectivity index (χ0n) is 11.7. The Morgan fingerprint density at radius 1 is 1.32 bits per heavy atom. The summed E-state index contributed by atoms with van der Waals surface area (Å²) in [6.07, 6.45) is -3.06. The lowest BCUT2D eigenvalue weighted by Crippen LogP contribution is -2.44. The third-order valence-electron chi connectivity index (χ3n) is 3.28. The summed E-state index contributed by atoms with van der Waals surface area (Å²) in [5.74, 6) is -0.186.